The molecule has 1 fully saturated rings. The number of hydrogen-bond donors (Lipinski definition) is 0. The molecule has 1 aliphatic heterocycles. The predicted octanol–water partition coefficient (Wildman–Crippen LogP) is 4.15. The molecule has 0 spiro atoms. The Labute approximate surface area is 123 Å². The zero-order valence-corrected chi connectivity index (χ0v) is 12.6. The Bertz CT molecular complexity index is 446. The monoisotopic (exact) mass is 349 g/mol. The number of thioether (sulfide) groups is 1. The predicted molar refractivity (Wildman–Crippen MR) is 75.4 cm³/mol. The summed E-state index contributed by atoms with van der Waals surface area (Å²) in [5, 5.41) is -3.40. The van der Waals surface area contributed by atoms with Crippen LogP contribution in [0.1, 0.15) is 19.3 Å². The first kappa shape index (κ1) is 14.8. The van der Waals surface area contributed by atoms with Crippen molar-refractivity contribution in [3.05, 3.63) is 28.7 Å². The zero-order chi connectivity index (χ0) is 13.9. The highest BCUT2D eigenvalue weighted by Gasteiger charge is 2.43. The minimum atomic E-state index is -3.40. The summed E-state index contributed by atoms with van der Waals surface area (Å²) in [6.07, 6.45) is 2.63. The lowest BCUT2D eigenvalue weighted by molar-refractivity contribution is -0.147. The van der Waals surface area contributed by atoms with Crippen LogP contribution in [0, 0.1) is 0 Å². The molecule has 0 saturated carbocycles. The van der Waals surface area contributed by atoms with Crippen LogP contribution >= 0.6 is 27.7 Å². The van der Waals surface area contributed by atoms with E-state index in [4.69, 9.17) is 0 Å². The average Bonchev–Trinajstić information content (AvgIpc) is 2.41. The van der Waals surface area contributed by atoms with Crippen LogP contribution in [0.4, 0.5) is 8.78 Å². The Morgan fingerprint density at radius 1 is 1.16 bits per heavy atom. The maximum Gasteiger partial charge on any atom is 0.375 e. The molecule has 19 heavy (non-hydrogen) atoms. The van der Waals surface area contributed by atoms with Crippen molar-refractivity contribution in [3.8, 4) is 0 Å². The van der Waals surface area contributed by atoms with Crippen LogP contribution in [-0.4, -0.2) is 29.2 Å². The number of carbonyl (C=O) groups excluding carboxylic acids is 1. The molecule has 1 aliphatic rings. The van der Waals surface area contributed by atoms with E-state index in [1.165, 1.54) is 4.90 Å². The van der Waals surface area contributed by atoms with Crippen molar-refractivity contribution in [2.75, 3.05) is 13.1 Å². The summed E-state index contributed by atoms with van der Waals surface area (Å²) < 4.78 is 28.7. The van der Waals surface area contributed by atoms with Crippen molar-refractivity contribution in [3.63, 3.8) is 0 Å². The van der Waals surface area contributed by atoms with Crippen molar-refractivity contribution in [1.82, 2.24) is 4.90 Å². The van der Waals surface area contributed by atoms with Gasteiger partial charge in [-0.05, 0) is 55.3 Å². The summed E-state index contributed by atoms with van der Waals surface area (Å²) in [6, 6.07) is 6.52. The van der Waals surface area contributed by atoms with E-state index in [0.717, 1.165) is 23.7 Å². The fourth-order valence-electron chi connectivity index (χ4n) is 1.98. The molecular formula is C13H14BrF2NOS. The first-order valence-electron chi connectivity index (χ1n) is 6.11. The lowest BCUT2D eigenvalue weighted by atomic mass is 10.1. The maximum atomic E-state index is 13.9. The first-order chi connectivity index (χ1) is 8.99. The topological polar surface area (TPSA) is 20.3 Å². The van der Waals surface area contributed by atoms with Crippen LogP contribution in [0.5, 0.6) is 0 Å². The summed E-state index contributed by atoms with van der Waals surface area (Å²) in [5.41, 5.74) is 0. The van der Waals surface area contributed by atoms with Gasteiger partial charge in [0.15, 0.2) is 0 Å². The van der Waals surface area contributed by atoms with E-state index in [2.05, 4.69) is 15.9 Å². The van der Waals surface area contributed by atoms with E-state index in [-0.39, 0.29) is 0 Å². The van der Waals surface area contributed by atoms with Crippen molar-refractivity contribution in [2.45, 2.75) is 29.4 Å². The van der Waals surface area contributed by atoms with E-state index < -0.39 is 11.2 Å². The highest BCUT2D eigenvalue weighted by molar-refractivity contribution is 9.10. The number of hydrogen-bond acceptors (Lipinski definition) is 2. The fourth-order valence-corrected chi connectivity index (χ4v) is 3.02. The lowest BCUT2D eigenvalue weighted by Gasteiger charge is -2.29. The molecule has 1 saturated heterocycles. The maximum absolute atomic E-state index is 13.9. The van der Waals surface area contributed by atoms with Gasteiger partial charge in [0, 0.05) is 22.5 Å². The number of benzene rings is 1. The second-order valence-electron chi connectivity index (χ2n) is 4.43. The van der Waals surface area contributed by atoms with Crippen LogP contribution in [0.25, 0.3) is 0 Å². The molecule has 0 bridgehead atoms. The number of alkyl halides is 2. The molecule has 0 unspecified atom stereocenters. The quantitative estimate of drug-likeness (QED) is 0.764. The van der Waals surface area contributed by atoms with E-state index in [9.17, 15) is 13.6 Å². The summed E-state index contributed by atoms with van der Waals surface area (Å²) in [5.74, 6) is -1.07. The molecule has 1 heterocycles. The molecule has 0 radical (unpaired) electrons. The summed E-state index contributed by atoms with van der Waals surface area (Å²) in [6.45, 7) is 0.880. The van der Waals surface area contributed by atoms with Crippen molar-refractivity contribution >= 4 is 33.6 Å². The van der Waals surface area contributed by atoms with E-state index >= 15 is 0 Å². The Balaban J connectivity index is 2.04. The average molecular weight is 350 g/mol. The molecule has 0 N–H and O–H groups in total. The third-order valence-electron chi connectivity index (χ3n) is 2.95. The van der Waals surface area contributed by atoms with Gasteiger partial charge in [0.05, 0.1) is 0 Å². The molecule has 104 valence electrons. The second-order valence-corrected chi connectivity index (χ2v) is 6.53. The first-order valence-corrected chi connectivity index (χ1v) is 7.72. The van der Waals surface area contributed by atoms with E-state index in [0.29, 0.717) is 29.7 Å². The molecule has 0 aromatic heterocycles. The highest BCUT2D eigenvalue weighted by Crippen LogP contribution is 2.38. The molecule has 2 rings (SSSR count). The van der Waals surface area contributed by atoms with Gasteiger partial charge >= 0.3 is 11.2 Å². The number of likely N-dealkylation sites (tertiary alicyclic amines) is 1. The van der Waals surface area contributed by atoms with Crippen LogP contribution in [0.15, 0.2) is 33.6 Å². The SMILES string of the molecule is O=C(N1CCCCC1)C(F)(F)Sc1ccc(Br)cc1. The summed E-state index contributed by atoms with van der Waals surface area (Å²) in [4.78, 5) is 13.5. The van der Waals surface area contributed by atoms with E-state index in [1.54, 1.807) is 24.3 Å². The number of carbonyl (C=O) groups is 1. The highest BCUT2D eigenvalue weighted by atomic mass is 79.9. The molecule has 0 aliphatic carbocycles. The minimum absolute atomic E-state index is 0.311. The molecule has 1 aromatic carbocycles. The van der Waals surface area contributed by atoms with Gasteiger partial charge in [0.25, 0.3) is 0 Å². The van der Waals surface area contributed by atoms with Gasteiger partial charge in [0.1, 0.15) is 0 Å². The Morgan fingerprint density at radius 2 is 1.74 bits per heavy atom. The van der Waals surface area contributed by atoms with E-state index in [1.807, 2.05) is 0 Å². The third kappa shape index (κ3) is 3.92. The standard InChI is InChI=1S/C13H14BrF2NOS/c14-10-4-6-11(7-5-10)19-13(15,16)12(18)17-8-2-1-3-9-17/h4-7H,1-3,8-9H2. The fraction of sp³-hybridized carbons (Fsp3) is 0.462. The molecule has 1 aromatic rings. The number of piperidine rings is 1. The second kappa shape index (κ2) is 6.22. The molecule has 1 amide bonds. The summed E-state index contributed by atoms with van der Waals surface area (Å²) in [7, 11) is 0. The Morgan fingerprint density at radius 3 is 2.32 bits per heavy atom. The van der Waals surface area contributed by atoms with Crippen LogP contribution in [0.2, 0.25) is 0 Å². The van der Waals surface area contributed by atoms with Gasteiger partial charge in [-0.15, -0.1) is 0 Å². The van der Waals surface area contributed by atoms with Crippen LogP contribution in [-0.2, 0) is 4.79 Å². The van der Waals surface area contributed by atoms with Crippen molar-refractivity contribution in [2.24, 2.45) is 0 Å². The van der Waals surface area contributed by atoms with Gasteiger partial charge in [-0.25, -0.2) is 0 Å². The van der Waals surface area contributed by atoms with Gasteiger partial charge < -0.3 is 4.90 Å². The minimum Gasteiger partial charge on any atom is -0.337 e. The number of amides is 1. The largest absolute Gasteiger partial charge is 0.375 e. The third-order valence-corrected chi connectivity index (χ3v) is 4.42. The Hall–Kier alpha value is -0.620. The summed E-state index contributed by atoms with van der Waals surface area (Å²) >= 11 is 3.56. The van der Waals surface area contributed by atoms with Crippen molar-refractivity contribution in [1.29, 1.82) is 0 Å². The molecule has 0 atom stereocenters. The molecule has 2 nitrogen and oxygen atoms in total. The Kier molecular flexibility index (Phi) is 4.84. The number of rotatable bonds is 3. The van der Waals surface area contributed by atoms with Crippen molar-refractivity contribution < 1.29 is 13.6 Å². The molecule has 6 heteroatoms. The van der Waals surface area contributed by atoms with Gasteiger partial charge in [0.2, 0.25) is 0 Å². The normalized spacial score (nSPS) is 16.5. The van der Waals surface area contributed by atoms with Gasteiger partial charge in [-0.1, -0.05) is 15.9 Å². The van der Waals surface area contributed by atoms with Crippen LogP contribution < -0.4 is 0 Å². The zero-order valence-electron chi connectivity index (χ0n) is 10.2. The van der Waals surface area contributed by atoms with Gasteiger partial charge in [-0.3, -0.25) is 4.79 Å². The van der Waals surface area contributed by atoms with Gasteiger partial charge in [-0.2, -0.15) is 8.78 Å². The smallest absolute Gasteiger partial charge is 0.337 e. The number of halogens is 3. The molecular weight excluding hydrogens is 336 g/mol. The lowest BCUT2D eigenvalue weighted by Crippen LogP contribution is -2.44. The van der Waals surface area contributed by atoms with Crippen LogP contribution in [0.3, 0.4) is 0 Å². The number of nitrogens with zero attached hydrogens (tertiary/aromatic N) is 1.